The van der Waals surface area contributed by atoms with Crippen molar-refractivity contribution >= 4 is 11.6 Å². The number of hydrogen-bond acceptors (Lipinski definition) is 4. The van der Waals surface area contributed by atoms with Crippen LogP contribution >= 0.6 is 0 Å². The third-order valence-corrected chi connectivity index (χ3v) is 4.68. The van der Waals surface area contributed by atoms with E-state index >= 15 is 0 Å². The van der Waals surface area contributed by atoms with E-state index in [-0.39, 0.29) is 5.91 Å². The van der Waals surface area contributed by atoms with Gasteiger partial charge in [0.25, 0.3) is 0 Å². The lowest BCUT2D eigenvalue weighted by Crippen LogP contribution is -2.46. The zero-order chi connectivity index (χ0) is 17.5. The number of carbonyl (C=O) groups excluding carboxylic acids is 1. The monoisotopic (exact) mass is 340 g/mol. The molecule has 0 saturated carbocycles. The van der Waals surface area contributed by atoms with Gasteiger partial charge < -0.3 is 20.5 Å². The number of anilines is 1. The van der Waals surface area contributed by atoms with Crippen LogP contribution in [-0.2, 0) is 16.1 Å². The van der Waals surface area contributed by atoms with Crippen molar-refractivity contribution in [1.82, 2.24) is 0 Å². The summed E-state index contributed by atoms with van der Waals surface area (Å²) in [6.07, 6.45) is 1.32. The van der Waals surface area contributed by atoms with Gasteiger partial charge in [0.15, 0.2) is 0 Å². The summed E-state index contributed by atoms with van der Waals surface area (Å²) in [5.41, 5.74) is 7.21. The van der Waals surface area contributed by atoms with E-state index in [0.717, 1.165) is 17.0 Å². The van der Waals surface area contributed by atoms with E-state index in [2.05, 4.69) is 5.32 Å². The first-order valence-corrected chi connectivity index (χ1v) is 8.58. The minimum atomic E-state index is -0.527. The summed E-state index contributed by atoms with van der Waals surface area (Å²) in [6.45, 7) is 2.01. The third-order valence-electron chi connectivity index (χ3n) is 4.68. The second-order valence-electron chi connectivity index (χ2n) is 6.35. The highest BCUT2D eigenvalue weighted by molar-refractivity contribution is 5.95. The Kier molecular flexibility index (Phi) is 5.68. The molecule has 1 aliphatic heterocycles. The topological polar surface area (TPSA) is 73.6 Å². The first-order valence-electron chi connectivity index (χ1n) is 8.58. The molecule has 1 aliphatic rings. The van der Waals surface area contributed by atoms with Gasteiger partial charge in [0.1, 0.15) is 12.4 Å². The molecule has 2 aromatic rings. The van der Waals surface area contributed by atoms with Crippen LogP contribution in [0.4, 0.5) is 5.69 Å². The Hall–Kier alpha value is -2.37. The Bertz CT molecular complexity index is 680. The maximum atomic E-state index is 12.6. The van der Waals surface area contributed by atoms with Crippen molar-refractivity contribution in [1.29, 1.82) is 0 Å². The third kappa shape index (κ3) is 4.38. The van der Waals surface area contributed by atoms with E-state index in [1.165, 1.54) is 0 Å². The smallest absolute Gasteiger partial charge is 0.232 e. The number of nitrogens with two attached hydrogens (primary N) is 1. The van der Waals surface area contributed by atoms with E-state index < -0.39 is 5.41 Å². The van der Waals surface area contributed by atoms with Crippen molar-refractivity contribution in [3.8, 4) is 5.75 Å². The summed E-state index contributed by atoms with van der Waals surface area (Å²) in [4.78, 5) is 12.6. The van der Waals surface area contributed by atoms with Gasteiger partial charge in [-0.15, -0.1) is 0 Å². The molecule has 132 valence electrons. The maximum absolute atomic E-state index is 12.6. The van der Waals surface area contributed by atoms with E-state index in [1.54, 1.807) is 0 Å². The van der Waals surface area contributed by atoms with Gasteiger partial charge in [-0.1, -0.05) is 30.3 Å². The highest BCUT2D eigenvalue weighted by Gasteiger charge is 2.38. The highest BCUT2D eigenvalue weighted by atomic mass is 16.5. The van der Waals surface area contributed by atoms with Gasteiger partial charge >= 0.3 is 0 Å². The average Bonchev–Trinajstić information content (AvgIpc) is 2.68. The van der Waals surface area contributed by atoms with Crippen LogP contribution in [0.25, 0.3) is 0 Å². The molecule has 3 N–H and O–H groups in total. The van der Waals surface area contributed by atoms with Gasteiger partial charge in [-0.3, -0.25) is 4.79 Å². The molecule has 0 radical (unpaired) electrons. The lowest BCUT2D eigenvalue weighted by Gasteiger charge is -2.34. The molecule has 1 heterocycles. The SMILES string of the molecule is NCC1(C(=O)Nc2ccc(OCc3ccccc3)cc2)CCOCC1. The molecule has 5 heteroatoms. The van der Waals surface area contributed by atoms with Crippen LogP contribution in [-0.4, -0.2) is 25.7 Å². The van der Waals surface area contributed by atoms with Crippen molar-refractivity contribution < 1.29 is 14.3 Å². The molecule has 0 aliphatic carbocycles. The van der Waals surface area contributed by atoms with Gasteiger partial charge in [-0.25, -0.2) is 0 Å². The van der Waals surface area contributed by atoms with Crippen LogP contribution in [0.5, 0.6) is 5.75 Å². The molecule has 3 rings (SSSR count). The Labute approximate surface area is 148 Å². The Morgan fingerprint density at radius 2 is 1.76 bits per heavy atom. The Morgan fingerprint density at radius 1 is 1.08 bits per heavy atom. The van der Waals surface area contributed by atoms with Gasteiger partial charge in [0.05, 0.1) is 5.41 Å². The summed E-state index contributed by atoms with van der Waals surface area (Å²) in [5, 5.41) is 2.97. The van der Waals surface area contributed by atoms with E-state index in [1.807, 2.05) is 54.6 Å². The van der Waals surface area contributed by atoms with Crippen molar-refractivity contribution in [2.75, 3.05) is 25.1 Å². The molecule has 0 bridgehead atoms. The maximum Gasteiger partial charge on any atom is 0.232 e. The molecule has 0 aromatic heterocycles. The zero-order valence-electron chi connectivity index (χ0n) is 14.2. The lowest BCUT2D eigenvalue weighted by atomic mass is 9.79. The molecule has 25 heavy (non-hydrogen) atoms. The zero-order valence-corrected chi connectivity index (χ0v) is 14.2. The van der Waals surface area contributed by atoms with Gasteiger partial charge in [0, 0.05) is 25.4 Å². The van der Waals surface area contributed by atoms with E-state index in [4.69, 9.17) is 15.2 Å². The molecular formula is C20H24N2O3. The number of carbonyl (C=O) groups is 1. The largest absolute Gasteiger partial charge is 0.489 e. The second-order valence-corrected chi connectivity index (χ2v) is 6.35. The van der Waals surface area contributed by atoms with Crippen LogP contribution in [0.2, 0.25) is 0 Å². The highest BCUT2D eigenvalue weighted by Crippen LogP contribution is 2.31. The normalized spacial score (nSPS) is 16.2. The van der Waals surface area contributed by atoms with Crippen LogP contribution in [0.15, 0.2) is 54.6 Å². The average molecular weight is 340 g/mol. The van der Waals surface area contributed by atoms with Crippen LogP contribution in [0.3, 0.4) is 0 Å². The number of ether oxygens (including phenoxy) is 2. The number of amides is 1. The summed E-state index contributed by atoms with van der Waals surface area (Å²) in [5.74, 6) is 0.734. The number of hydrogen-bond donors (Lipinski definition) is 2. The van der Waals surface area contributed by atoms with Crippen LogP contribution in [0.1, 0.15) is 18.4 Å². The first-order chi connectivity index (χ1) is 12.2. The molecule has 0 unspecified atom stereocenters. The quantitative estimate of drug-likeness (QED) is 0.848. The van der Waals surface area contributed by atoms with Crippen LogP contribution in [0, 0.1) is 5.41 Å². The standard InChI is InChI=1S/C20H24N2O3/c21-15-20(10-12-24-13-11-20)19(23)22-17-6-8-18(9-7-17)25-14-16-4-2-1-3-5-16/h1-9H,10-15,21H2,(H,22,23). The van der Waals surface area contributed by atoms with Gasteiger partial charge in [0.2, 0.25) is 5.91 Å². The Morgan fingerprint density at radius 3 is 2.40 bits per heavy atom. The molecule has 2 aromatic carbocycles. The summed E-state index contributed by atoms with van der Waals surface area (Å²) < 4.78 is 11.1. The van der Waals surface area contributed by atoms with Gasteiger partial charge in [-0.2, -0.15) is 0 Å². The Balaban J connectivity index is 1.57. The van der Waals surface area contributed by atoms with Crippen molar-refractivity contribution in [2.45, 2.75) is 19.4 Å². The van der Waals surface area contributed by atoms with Crippen LogP contribution < -0.4 is 15.8 Å². The molecule has 1 saturated heterocycles. The van der Waals surface area contributed by atoms with Crippen molar-refractivity contribution in [3.05, 3.63) is 60.2 Å². The fourth-order valence-corrected chi connectivity index (χ4v) is 2.93. The summed E-state index contributed by atoms with van der Waals surface area (Å²) in [6, 6.07) is 17.4. The summed E-state index contributed by atoms with van der Waals surface area (Å²) >= 11 is 0. The van der Waals surface area contributed by atoms with Crippen molar-refractivity contribution in [3.63, 3.8) is 0 Å². The minimum Gasteiger partial charge on any atom is -0.489 e. The lowest BCUT2D eigenvalue weighted by molar-refractivity contribution is -0.130. The number of rotatable bonds is 6. The minimum absolute atomic E-state index is 0.0312. The van der Waals surface area contributed by atoms with Gasteiger partial charge in [-0.05, 0) is 42.7 Å². The molecule has 1 amide bonds. The van der Waals surface area contributed by atoms with E-state index in [9.17, 15) is 4.79 Å². The molecule has 1 fully saturated rings. The molecule has 0 spiro atoms. The first kappa shape index (κ1) is 17.5. The predicted molar refractivity (Wildman–Crippen MR) is 97.4 cm³/mol. The summed E-state index contributed by atoms with van der Waals surface area (Å²) in [7, 11) is 0. The molecule has 0 atom stereocenters. The fourth-order valence-electron chi connectivity index (χ4n) is 2.93. The molecule has 5 nitrogen and oxygen atoms in total. The number of nitrogens with one attached hydrogen (secondary N) is 1. The second kappa shape index (κ2) is 8.14. The molecular weight excluding hydrogens is 316 g/mol. The van der Waals surface area contributed by atoms with E-state index in [0.29, 0.717) is 39.2 Å². The fraction of sp³-hybridized carbons (Fsp3) is 0.350. The predicted octanol–water partition coefficient (Wildman–Crippen LogP) is 2.96. The van der Waals surface area contributed by atoms with Crippen molar-refractivity contribution in [2.24, 2.45) is 11.1 Å². The number of benzene rings is 2.